The van der Waals surface area contributed by atoms with E-state index in [4.69, 9.17) is 28.6 Å². The third-order valence-electron chi connectivity index (χ3n) is 2.00. The zero-order chi connectivity index (χ0) is 13.5. The summed E-state index contributed by atoms with van der Waals surface area (Å²) in [5.74, 6) is 0.189. The van der Waals surface area contributed by atoms with E-state index in [1.807, 2.05) is 0 Å². The number of hydrazine groups is 1. The summed E-state index contributed by atoms with van der Waals surface area (Å²) in [5.41, 5.74) is 4.94. The molecule has 7 heteroatoms. The second-order valence-electron chi connectivity index (χ2n) is 3.41. The molecule has 1 aromatic rings. The molecule has 18 heavy (non-hydrogen) atoms. The number of thiocarbonyl (C=S) groups is 1. The SMILES string of the molecule is CNC(=S)NNC(=O)[C@H](C)Oc1cccc(Cl)c1. The molecule has 0 radical (unpaired) electrons. The van der Waals surface area contributed by atoms with E-state index < -0.39 is 6.10 Å². The minimum Gasteiger partial charge on any atom is -0.481 e. The standard InChI is InChI=1S/C11H14ClN3O2S/c1-7(10(16)14-15-11(18)13-2)17-9-5-3-4-8(12)6-9/h3-7H,1-2H3,(H,14,16)(H2,13,15,18)/t7-/m0/s1. The molecule has 0 saturated carbocycles. The molecule has 98 valence electrons. The number of ether oxygens (including phenoxy) is 1. The van der Waals surface area contributed by atoms with Crippen LogP contribution in [0.5, 0.6) is 5.75 Å². The zero-order valence-electron chi connectivity index (χ0n) is 9.99. The summed E-state index contributed by atoms with van der Waals surface area (Å²) in [6.45, 7) is 1.63. The number of carbonyl (C=O) groups is 1. The van der Waals surface area contributed by atoms with E-state index in [1.165, 1.54) is 0 Å². The van der Waals surface area contributed by atoms with E-state index in [2.05, 4.69) is 16.2 Å². The Balaban J connectivity index is 2.47. The monoisotopic (exact) mass is 287 g/mol. The molecule has 5 nitrogen and oxygen atoms in total. The van der Waals surface area contributed by atoms with Gasteiger partial charge in [-0.25, -0.2) is 0 Å². The summed E-state index contributed by atoms with van der Waals surface area (Å²) in [6, 6.07) is 6.83. The van der Waals surface area contributed by atoms with Crippen molar-refractivity contribution >= 4 is 34.8 Å². The summed E-state index contributed by atoms with van der Waals surface area (Å²) in [7, 11) is 1.65. The van der Waals surface area contributed by atoms with Crippen LogP contribution < -0.4 is 20.9 Å². The van der Waals surface area contributed by atoms with Crippen molar-refractivity contribution in [3.63, 3.8) is 0 Å². The van der Waals surface area contributed by atoms with Crippen LogP contribution in [0, 0.1) is 0 Å². The first kappa shape index (κ1) is 14.5. The third-order valence-corrected chi connectivity index (χ3v) is 2.55. The van der Waals surface area contributed by atoms with Crippen molar-refractivity contribution in [2.24, 2.45) is 0 Å². The van der Waals surface area contributed by atoms with Crippen LogP contribution in [0.4, 0.5) is 0 Å². The Morgan fingerprint density at radius 1 is 1.44 bits per heavy atom. The van der Waals surface area contributed by atoms with Gasteiger partial charge in [0.2, 0.25) is 0 Å². The van der Waals surface area contributed by atoms with Gasteiger partial charge in [-0.05, 0) is 37.3 Å². The number of rotatable bonds is 3. The molecule has 0 unspecified atom stereocenters. The number of amides is 1. The Bertz CT molecular complexity index is 442. The maximum Gasteiger partial charge on any atom is 0.279 e. The highest BCUT2D eigenvalue weighted by molar-refractivity contribution is 7.80. The average Bonchev–Trinajstić information content (AvgIpc) is 2.35. The molecule has 0 saturated heterocycles. The maximum absolute atomic E-state index is 11.6. The van der Waals surface area contributed by atoms with Gasteiger partial charge in [0, 0.05) is 12.1 Å². The van der Waals surface area contributed by atoms with Crippen LogP contribution in [0.2, 0.25) is 5.02 Å². The first-order valence-electron chi connectivity index (χ1n) is 5.22. The lowest BCUT2D eigenvalue weighted by atomic mass is 10.3. The molecule has 0 aromatic heterocycles. The number of hydrogen-bond donors (Lipinski definition) is 3. The molecular formula is C11H14ClN3O2S. The summed E-state index contributed by atoms with van der Waals surface area (Å²) < 4.78 is 5.42. The first-order chi connectivity index (χ1) is 8.52. The molecule has 0 aliphatic carbocycles. The van der Waals surface area contributed by atoms with Crippen LogP contribution in [0.1, 0.15) is 6.92 Å². The fourth-order valence-electron chi connectivity index (χ4n) is 1.08. The van der Waals surface area contributed by atoms with Crippen molar-refractivity contribution in [2.75, 3.05) is 7.05 Å². The Kier molecular flexibility index (Phi) is 5.67. The molecule has 1 atom stereocenters. The lowest BCUT2D eigenvalue weighted by molar-refractivity contribution is -0.127. The van der Waals surface area contributed by atoms with Crippen LogP contribution in [0.3, 0.4) is 0 Å². The van der Waals surface area contributed by atoms with E-state index >= 15 is 0 Å². The second-order valence-corrected chi connectivity index (χ2v) is 4.26. The van der Waals surface area contributed by atoms with Gasteiger partial charge in [-0.3, -0.25) is 15.6 Å². The lowest BCUT2D eigenvalue weighted by Crippen LogP contribution is -2.49. The molecule has 1 amide bonds. The highest BCUT2D eigenvalue weighted by atomic mass is 35.5. The van der Waals surface area contributed by atoms with Gasteiger partial charge in [-0.2, -0.15) is 0 Å². The smallest absolute Gasteiger partial charge is 0.279 e. The number of nitrogens with one attached hydrogen (secondary N) is 3. The molecule has 0 aliphatic heterocycles. The number of carbonyl (C=O) groups excluding carboxylic acids is 1. The molecule has 0 spiro atoms. The van der Waals surface area contributed by atoms with E-state index in [0.29, 0.717) is 15.9 Å². The molecule has 0 fully saturated rings. The highest BCUT2D eigenvalue weighted by Gasteiger charge is 2.14. The molecular weight excluding hydrogens is 274 g/mol. The number of hydrogen-bond acceptors (Lipinski definition) is 3. The lowest BCUT2D eigenvalue weighted by Gasteiger charge is -2.15. The van der Waals surface area contributed by atoms with E-state index in [9.17, 15) is 4.79 Å². The van der Waals surface area contributed by atoms with Gasteiger partial charge in [-0.15, -0.1) is 0 Å². The van der Waals surface area contributed by atoms with Crippen molar-refractivity contribution in [3.8, 4) is 5.75 Å². The van der Waals surface area contributed by atoms with E-state index in [-0.39, 0.29) is 5.91 Å². The molecule has 1 aromatic carbocycles. The van der Waals surface area contributed by atoms with Gasteiger partial charge < -0.3 is 10.1 Å². The van der Waals surface area contributed by atoms with Crippen LogP contribution in [0.25, 0.3) is 0 Å². The first-order valence-corrected chi connectivity index (χ1v) is 6.01. The zero-order valence-corrected chi connectivity index (χ0v) is 11.6. The molecule has 0 aliphatic rings. The third kappa shape index (κ3) is 4.77. The van der Waals surface area contributed by atoms with Gasteiger partial charge >= 0.3 is 0 Å². The summed E-state index contributed by atoms with van der Waals surface area (Å²) in [5, 5.41) is 3.53. The van der Waals surface area contributed by atoms with Crippen LogP contribution >= 0.6 is 23.8 Å². The van der Waals surface area contributed by atoms with Crippen molar-refractivity contribution in [1.29, 1.82) is 0 Å². The fourth-order valence-corrected chi connectivity index (χ4v) is 1.31. The van der Waals surface area contributed by atoms with Crippen molar-refractivity contribution < 1.29 is 9.53 Å². The predicted octanol–water partition coefficient (Wildman–Crippen LogP) is 1.23. The quantitative estimate of drug-likeness (QED) is 0.577. The van der Waals surface area contributed by atoms with Crippen molar-refractivity contribution in [2.45, 2.75) is 13.0 Å². The second kappa shape index (κ2) is 7.03. The van der Waals surface area contributed by atoms with Crippen LogP contribution in [0.15, 0.2) is 24.3 Å². The van der Waals surface area contributed by atoms with Crippen LogP contribution in [-0.4, -0.2) is 24.2 Å². The van der Waals surface area contributed by atoms with E-state index in [1.54, 1.807) is 38.2 Å². The fraction of sp³-hybridized carbons (Fsp3) is 0.273. The van der Waals surface area contributed by atoms with Crippen molar-refractivity contribution in [3.05, 3.63) is 29.3 Å². The van der Waals surface area contributed by atoms with Gasteiger partial charge in [-0.1, -0.05) is 17.7 Å². The average molecular weight is 288 g/mol. The summed E-state index contributed by atoms with van der Waals surface area (Å²) in [6.07, 6.45) is -0.671. The Morgan fingerprint density at radius 2 is 2.17 bits per heavy atom. The molecule has 0 heterocycles. The molecule has 1 rings (SSSR count). The minimum atomic E-state index is -0.671. The predicted molar refractivity (Wildman–Crippen MR) is 74.5 cm³/mol. The normalized spacial score (nSPS) is 11.3. The molecule has 3 N–H and O–H groups in total. The maximum atomic E-state index is 11.6. The largest absolute Gasteiger partial charge is 0.481 e. The molecule has 0 bridgehead atoms. The van der Waals surface area contributed by atoms with E-state index in [0.717, 1.165) is 0 Å². The Hall–Kier alpha value is -1.53. The van der Waals surface area contributed by atoms with Gasteiger partial charge in [0.25, 0.3) is 5.91 Å². The van der Waals surface area contributed by atoms with Crippen molar-refractivity contribution in [1.82, 2.24) is 16.2 Å². The summed E-state index contributed by atoms with van der Waals surface area (Å²) >= 11 is 10.6. The topological polar surface area (TPSA) is 62.4 Å². The van der Waals surface area contributed by atoms with Crippen LogP contribution in [-0.2, 0) is 4.79 Å². The summed E-state index contributed by atoms with van der Waals surface area (Å²) in [4.78, 5) is 11.6. The van der Waals surface area contributed by atoms with Gasteiger partial charge in [0.1, 0.15) is 5.75 Å². The Labute approximate surface area is 116 Å². The van der Waals surface area contributed by atoms with Gasteiger partial charge in [0.05, 0.1) is 0 Å². The van der Waals surface area contributed by atoms with Gasteiger partial charge in [0.15, 0.2) is 11.2 Å². The highest BCUT2D eigenvalue weighted by Crippen LogP contribution is 2.18. The number of halogens is 1. The number of benzene rings is 1. The minimum absolute atomic E-state index is 0.318. The Morgan fingerprint density at radius 3 is 2.78 bits per heavy atom.